The van der Waals surface area contributed by atoms with Crippen LogP contribution in [0.1, 0.15) is 44.6 Å². The number of nitrogens with one attached hydrogen (secondary N) is 1. The van der Waals surface area contributed by atoms with Crippen LogP contribution in [-0.4, -0.2) is 6.54 Å². The Morgan fingerprint density at radius 2 is 1.57 bits per heavy atom. The van der Waals surface area contributed by atoms with Gasteiger partial charge in [-0.25, -0.2) is 0 Å². The van der Waals surface area contributed by atoms with Crippen molar-refractivity contribution in [1.82, 2.24) is 5.32 Å². The Balaban J connectivity index is 1.76. The molecule has 0 bridgehead atoms. The first-order valence-electron chi connectivity index (χ1n) is 8.25. The van der Waals surface area contributed by atoms with E-state index in [0.29, 0.717) is 0 Å². The fourth-order valence-electron chi connectivity index (χ4n) is 3.21. The molecule has 0 aliphatic heterocycles. The second kappa shape index (κ2) is 6.44. The standard InChI is InChI=1S/C20H25N/c1-2-3-16-21-20(14-7-15-20)19-12-10-18(11-13-19)17-8-5-4-6-9-17/h4-6,8-13,21H,2-3,7,14-16H2,1H3. The van der Waals surface area contributed by atoms with Gasteiger partial charge < -0.3 is 5.32 Å². The van der Waals surface area contributed by atoms with E-state index < -0.39 is 0 Å². The van der Waals surface area contributed by atoms with Crippen LogP contribution in [0.3, 0.4) is 0 Å². The number of unbranched alkanes of at least 4 members (excludes halogenated alkanes) is 1. The summed E-state index contributed by atoms with van der Waals surface area (Å²) in [6.45, 7) is 3.39. The highest BCUT2D eigenvalue weighted by Gasteiger charge is 2.37. The molecule has 1 N–H and O–H groups in total. The summed E-state index contributed by atoms with van der Waals surface area (Å²) in [5, 5.41) is 3.81. The maximum Gasteiger partial charge on any atom is 0.0434 e. The zero-order valence-corrected chi connectivity index (χ0v) is 12.9. The maximum atomic E-state index is 3.81. The van der Waals surface area contributed by atoms with Crippen molar-refractivity contribution in [2.24, 2.45) is 0 Å². The van der Waals surface area contributed by atoms with Gasteiger partial charge >= 0.3 is 0 Å². The zero-order valence-electron chi connectivity index (χ0n) is 12.9. The number of hydrogen-bond donors (Lipinski definition) is 1. The van der Waals surface area contributed by atoms with E-state index in [4.69, 9.17) is 0 Å². The lowest BCUT2D eigenvalue weighted by molar-refractivity contribution is 0.185. The summed E-state index contributed by atoms with van der Waals surface area (Å²) in [6.07, 6.45) is 6.43. The Morgan fingerprint density at radius 3 is 2.14 bits per heavy atom. The molecule has 2 aromatic rings. The molecule has 1 aliphatic rings. The SMILES string of the molecule is CCCCNC1(c2ccc(-c3ccccc3)cc2)CCC1. The first-order chi connectivity index (χ1) is 10.3. The quantitative estimate of drug-likeness (QED) is 0.723. The van der Waals surface area contributed by atoms with Crippen molar-refractivity contribution in [3.05, 3.63) is 60.2 Å². The molecule has 110 valence electrons. The van der Waals surface area contributed by atoms with Crippen molar-refractivity contribution >= 4 is 0 Å². The average Bonchev–Trinajstić information content (AvgIpc) is 2.51. The van der Waals surface area contributed by atoms with Crippen LogP contribution in [0.2, 0.25) is 0 Å². The monoisotopic (exact) mass is 279 g/mol. The molecular weight excluding hydrogens is 254 g/mol. The van der Waals surface area contributed by atoms with Gasteiger partial charge in [-0.3, -0.25) is 0 Å². The van der Waals surface area contributed by atoms with Crippen LogP contribution in [-0.2, 0) is 5.54 Å². The molecule has 21 heavy (non-hydrogen) atoms. The molecule has 0 heterocycles. The smallest absolute Gasteiger partial charge is 0.0434 e. The van der Waals surface area contributed by atoms with Gasteiger partial charge in [0.15, 0.2) is 0 Å². The normalized spacial score (nSPS) is 16.4. The van der Waals surface area contributed by atoms with E-state index in [1.54, 1.807) is 0 Å². The van der Waals surface area contributed by atoms with E-state index in [2.05, 4.69) is 66.8 Å². The molecule has 1 nitrogen and oxygen atoms in total. The summed E-state index contributed by atoms with van der Waals surface area (Å²) in [7, 11) is 0. The third kappa shape index (κ3) is 3.03. The fraction of sp³-hybridized carbons (Fsp3) is 0.400. The molecule has 0 spiro atoms. The summed E-state index contributed by atoms with van der Waals surface area (Å²) in [5.41, 5.74) is 4.32. The largest absolute Gasteiger partial charge is 0.307 e. The third-order valence-electron chi connectivity index (χ3n) is 4.75. The highest BCUT2D eigenvalue weighted by molar-refractivity contribution is 5.63. The van der Waals surface area contributed by atoms with Gasteiger partial charge in [0.2, 0.25) is 0 Å². The zero-order chi connectivity index (χ0) is 14.5. The topological polar surface area (TPSA) is 12.0 Å². The van der Waals surface area contributed by atoms with Crippen LogP contribution in [0.25, 0.3) is 11.1 Å². The summed E-state index contributed by atoms with van der Waals surface area (Å²) < 4.78 is 0. The van der Waals surface area contributed by atoms with Gasteiger partial charge in [-0.15, -0.1) is 0 Å². The first-order valence-corrected chi connectivity index (χ1v) is 8.25. The van der Waals surface area contributed by atoms with Gasteiger partial charge in [0.1, 0.15) is 0 Å². The number of hydrogen-bond acceptors (Lipinski definition) is 1. The second-order valence-corrected chi connectivity index (χ2v) is 6.16. The molecule has 2 aromatic carbocycles. The molecule has 0 amide bonds. The number of benzene rings is 2. The van der Waals surface area contributed by atoms with Crippen LogP contribution < -0.4 is 5.32 Å². The number of rotatable bonds is 6. The summed E-state index contributed by atoms with van der Waals surface area (Å²) in [4.78, 5) is 0. The van der Waals surface area contributed by atoms with Crippen molar-refractivity contribution in [3.8, 4) is 11.1 Å². The van der Waals surface area contributed by atoms with Crippen LogP contribution in [0.4, 0.5) is 0 Å². The Labute approximate surface area is 128 Å². The molecule has 0 aromatic heterocycles. The fourth-order valence-corrected chi connectivity index (χ4v) is 3.21. The highest BCUT2D eigenvalue weighted by atomic mass is 15.0. The van der Waals surface area contributed by atoms with Gasteiger partial charge in [-0.2, -0.15) is 0 Å². The minimum absolute atomic E-state index is 0.254. The van der Waals surface area contributed by atoms with E-state index in [9.17, 15) is 0 Å². The van der Waals surface area contributed by atoms with Gasteiger partial charge in [-0.1, -0.05) is 67.9 Å². The lowest BCUT2D eigenvalue weighted by Crippen LogP contribution is -2.48. The van der Waals surface area contributed by atoms with E-state index in [1.165, 1.54) is 48.8 Å². The van der Waals surface area contributed by atoms with E-state index in [1.807, 2.05) is 0 Å². The lowest BCUT2D eigenvalue weighted by Gasteiger charge is -2.43. The molecule has 0 unspecified atom stereocenters. The van der Waals surface area contributed by atoms with Gasteiger partial charge in [0.05, 0.1) is 0 Å². The summed E-state index contributed by atoms with van der Waals surface area (Å²) in [5.74, 6) is 0. The lowest BCUT2D eigenvalue weighted by atomic mass is 9.71. The molecule has 3 rings (SSSR count). The predicted octanol–water partition coefficient (Wildman–Crippen LogP) is 5.12. The van der Waals surface area contributed by atoms with Crippen LogP contribution >= 0.6 is 0 Å². The molecule has 1 saturated carbocycles. The van der Waals surface area contributed by atoms with Crippen molar-refractivity contribution in [2.45, 2.75) is 44.6 Å². The Bertz CT molecular complexity index is 552. The molecule has 0 saturated heterocycles. The molecule has 0 atom stereocenters. The summed E-state index contributed by atoms with van der Waals surface area (Å²) in [6, 6.07) is 19.8. The van der Waals surface area contributed by atoms with Gasteiger partial charge in [0, 0.05) is 5.54 Å². The summed E-state index contributed by atoms with van der Waals surface area (Å²) >= 11 is 0. The molecule has 0 radical (unpaired) electrons. The van der Waals surface area contributed by atoms with Crippen molar-refractivity contribution in [3.63, 3.8) is 0 Å². The van der Waals surface area contributed by atoms with Crippen molar-refractivity contribution in [2.75, 3.05) is 6.54 Å². The first kappa shape index (κ1) is 14.3. The van der Waals surface area contributed by atoms with E-state index in [-0.39, 0.29) is 5.54 Å². The Kier molecular flexibility index (Phi) is 4.40. The van der Waals surface area contributed by atoms with Crippen molar-refractivity contribution in [1.29, 1.82) is 0 Å². The minimum atomic E-state index is 0.254. The van der Waals surface area contributed by atoms with Crippen LogP contribution in [0, 0.1) is 0 Å². The Morgan fingerprint density at radius 1 is 0.905 bits per heavy atom. The third-order valence-corrected chi connectivity index (χ3v) is 4.75. The van der Waals surface area contributed by atoms with E-state index in [0.717, 1.165) is 6.54 Å². The minimum Gasteiger partial charge on any atom is -0.307 e. The average molecular weight is 279 g/mol. The van der Waals surface area contributed by atoms with Gasteiger partial charge in [-0.05, 0) is 48.9 Å². The predicted molar refractivity (Wildman–Crippen MR) is 90.3 cm³/mol. The maximum absolute atomic E-state index is 3.81. The highest BCUT2D eigenvalue weighted by Crippen LogP contribution is 2.41. The van der Waals surface area contributed by atoms with Crippen LogP contribution in [0.5, 0.6) is 0 Å². The Hall–Kier alpha value is -1.60. The van der Waals surface area contributed by atoms with E-state index >= 15 is 0 Å². The van der Waals surface area contributed by atoms with Crippen LogP contribution in [0.15, 0.2) is 54.6 Å². The van der Waals surface area contributed by atoms with Crippen molar-refractivity contribution < 1.29 is 0 Å². The molecular formula is C20H25N. The second-order valence-electron chi connectivity index (χ2n) is 6.16. The molecule has 1 aliphatic carbocycles. The molecule has 1 heteroatoms. The van der Waals surface area contributed by atoms with Gasteiger partial charge in [0.25, 0.3) is 0 Å². The molecule has 1 fully saturated rings.